The first-order valence-corrected chi connectivity index (χ1v) is 13.4. The molecular formula is C26H36N4O5S2. The molecule has 3 aromatic rings. The molecule has 4 N–H and O–H groups in total. The first kappa shape index (κ1) is 18.5. The maximum Gasteiger partial charge on any atom is 0.408 e. The molecule has 202 valence electrons. The molecule has 9 nitrogen and oxygen atoms in total. The SMILES string of the molecule is [2H]c1ccc(C([2H])([2H])[C@]([2H])(N(C(=O)O)C(C)(C)C)[C@]([2H])(O)C([2H])([2H])N(CC(C)C)S(=O)(=O)c2ccc3nc(N)sc3c2)c([2H])c1[2H]. The van der Waals surface area contributed by atoms with E-state index in [1.165, 1.54) is 40.7 Å². The molecule has 0 saturated heterocycles. The van der Waals surface area contributed by atoms with E-state index in [4.69, 9.17) is 16.7 Å². The van der Waals surface area contributed by atoms with Crippen molar-refractivity contribution in [3.8, 4) is 0 Å². The maximum atomic E-state index is 14.2. The van der Waals surface area contributed by atoms with Crippen LogP contribution in [0.15, 0.2) is 53.4 Å². The first-order valence-electron chi connectivity index (χ1n) is 15.7. The van der Waals surface area contributed by atoms with E-state index in [0.717, 1.165) is 35.6 Å². The number of aromatic nitrogens is 1. The van der Waals surface area contributed by atoms with Crippen LogP contribution in [0.3, 0.4) is 0 Å². The molecule has 1 amide bonds. The molecule has 0 aliphatic carbocycles. The van der Waals surface area contributed by atoms with Gasteiger partial charge in [-0.2, -0.15) is 4.31 Å². The monoisotopic (exact) mass is 557 g/mol. The molecule has 1 heterocycles. The van der Waals surface area contributed by atoms with Gasteiger partial charge >= 0.3 is 6.09 Å². The molecule has 1 aromatic heterocycles. The van der Waals surface area contributed by atoms with E-state index in [-0.39, 0.29) is 14.3 Å². The van der Waals surface area contributed by atoms with Crippen LogP contribution in [0.2, 0.25) is 0 Å². The second-order valence-corrected chi connectivity index (χ2v) is 12.4. The van der Waals surface area contributed by atoms with Crippen LogP contribution in [0.1, 0.15) is 52.5 Å². The van der Waals surface area contributed by atoms with Gasteiger partial charge in [0.15, 0.2) is 5.13 Å². The lowest BCUT2D eigenvalue weighted by Gasteiger charge is -2.42. The second kappa shape index (κ2) is 11.3. The van der Waals surface area contributed by atoms with Crippen molar-refractivity contribution in [3.63, 3.8) is 0 Å². The van der Waals surface area contributed by atoms with Crippen molar-refractivity contribution >= 4 is 42.8 Å². The van der Waals surface area contributed by atoms with Gasteiger partial charge in [-0.3, -0.25) is 4.90 Å². The average molecular weight is 558 g/mol. The minimum Gasteiger partial charge on any atom is -0.465 e. The van der Waals surface area contributed by atoms with Crippen LogP contribution in [-0.2, 0) is 16.4 Å². The van der Waals surface area contributed by atoms with E-state index >= 15 is 0 Å². The Morgan fingerprint density at radius 3 is 2.62 bits per heavy atom. The van der Waals surface area contributed by atoms with Gasteiger partial charge in [-0.25, -0.2) is 18.2 Å². The molecule has 0 aliphatic heterocycles. The summed E-state index contributed by atoms with van der Waals surface area (Å²) in [7, 11) is -5.04. The van der Waals surface area contributed by atoms with E-state index in [1.54, 1.807) is 0 Å². The first-order chi connectivity index (χ1) is 20.7. The average Bonchev–Trinajstić information content (AvgIpc) is 3.27. The number of nitrogen functional groups attached to an aromatic ring is 1. The zero-order valence-electron chi connectivity index (χ0n) is 30.0. The Morgan fingerprint density at radius 2 is 2.00 bits per heavy atom. The lowest BCUT2D eigenvalue weighted by molar-refractivity contribution is 0.000541. The number of sulfonamides is 1. The third-order valence-corrected chi connectivity index (χ3v) is 7.41. The van der Waals surface area contributed by atoms with Crippen LogP contribution in [0.5, 0.6) is 0 Å². The van der Waals surface area contributed by atoms with E-state index in [1.807, 2.05) is 0 Å². The molecule has 11 heteroatoms. The van der Waals surface area contributed by atoms with Crippen molar-refractivity contribution in [2.24, 2.45) is 5.92 Å². The van der Waals surface area contributed by atoms with Crippen LogP contribution in [0.4, 0.5) is 9.93 Å². The van der Waals surface area contributed by atoms with E-state index in [0.29, 0.717) is 10.2 Å². The second-order valence-electron chi connectivity index (χ2n) is 9.48. The largest absolute Gasteiger partial charge is 0.465 e. The van der Waals surface area contributed by atoms with Gasteiger partial charge in [0, 0.05) is 24.1 Å². The van der Waals surface area contributed by atoms with Gasteiger partial charge in [0.2, 0.25) is 10.0 Å². The summed E-state index contributed by atoms with van der Waals surface area (Å²) in [6, 6.07) is -1.04. The molecule has 0 saturated carbocycles. The molecule has 0 fully saturated rings. The molecule has 3 rings (SSSR count). The zero-order valence-corrected chi connectivity index (χ0v) is 22.7. The number of carboxylic acid groups (broad SMARTS) is 1. The van der Waals surface area contributed by atoms with Crippen LogP contribution in [0.25, 0.3) is 10.2 Å². The lowest BCUT2D eigenvalue weighted by Crippen LogP contribution is -2.58. The Kier molecular flexibility index (Phi) is 5.67. The highest BCUT2D eigenvalue weighted by Gasteiger charge is 2.39. The van der Waals surface area contributed by atoms with E-state index in [9.17, 15) is 24.8 Å². The summed E-state index contributed by atoms with van der Waals surface area (Å²) in [6.07, 6.45) is -10.1. The Hall–Kier alpha value is -2.73. The minimum absolute atomic E-state index is 0.00514. The number of benzene rings is 2. The van der Waals surface area contributed by atoms with Gasteiger partial charge in [0.05, 0.1) is 34.1 Å². The van der Waals surface area contributed by atoms with Crippen LogP contribution in [-0.4, -0.2) is 69.6 Å². The lowest BCUT2D eigenvalue weighted by atomic mass is 9.94. The normalized spacial score (nSPS) is 20.3. The number of carbonyl (C=O) groups is 1. The Bertz CT molecular complexity index is 1760. The Morgan fingerprint density at radius 1 is 1.30 bits per heavy atom. The fourth-order valence-corrected chi connectivity index (χ4v) is 5.68. The summed E-state index contributed by atoms with van der Waals surface area (Å²) in [5.41, 5.74) is 3.33. The molecule has 0 bridgehead atoms. The van der Waals surface area contributed by atoms with Gasteiger partial charge in [-0.15, -0.1) is 0 Å². The number of aliphatic hydroxyl groups is 1. The summed E-state index contributed by atoms with van der Waals surface area (Å²) in [4.78, 5) is 16.4. The van der Waals surface area contributed by atoms with E-state index in [2.05, 4.69) is 4.98 Å². The number of nitrogens with two attached hydrogens (primary N) is 1. The number of hydrogen-bond donors (Lipinski definition) is 3. The van der Waals surface area contributed by atoms with Gasteiger partial charge < -0.3 is 15.9 Å². The van der Waals surface area contributed by atoms with Crippen molar-refractivity contribution < 1.29 is 35.8 Å². The number of hydrogen-bond acceptors (Lipinski definition) is 7. The smallest absolute Gasteiger partial charge is 0.408 e. The van der Waals surface area contributed by atoms with Crippen LogP contribution in [0, 0.1) is 5.92 Å². The summed E-state index contributed by atoms with van der Waals surface area (Å²) in [5, 5.41) is 22.5. The fraction of sp³-hybridized carbons (Fsp3) is 0.462. The molecule has 2 aromatic carbocycles. The predicted molar refractivity (Wildman–Crippen MR) is 147 cm³/mol. The molecule has 2 atom stereocenters. The maximum absolute atomic E-state index is 14.2. The summed E-state index contributed by atoms with van der Waals surface area (Å²) >= 11 is 0.945. The summed E-state index contributed by atoms with van der Waals surface area (Å²) in [5.74, 6) is -0.672. The molecule has 37 heavy (non-hydrogen) atoms. The molecule has 0 radical (unpaired) electrons. The minimum atomic E-state index is -5.04. The van der Waals surface area contributed by atoms with E-state index < -0.39 is 87.7 Å². The number of fused-ring (bicyclic) bond motifs is 1. The summed E-state index contributed by atoms with van der Waals surface area (Å²) in [6.45, 7) is 1.91. The van der Waals surface area contributed by atoms with Crippen molar-refractivity contribution in [1.29, 1.82) is 0 Å². The number of nitrogens with zero attached hydrogens (tertiary/aromatic N) is 3. The van der Waals surface area contributed by atoms with Crippen LogP contribution < -0.4 is 5.73 Å². The fourth-order valence-electron chi connectivity index (χ4n) is 3.37. The van der Waals surface area contributed by atoms with Crippen molar-refractivity contribution in [2.75, 3.05) is 18.8 Å². The number of rotatable bonds is 10. The third kappa shape index (κ3) is 6.98. The topological polar surface area (TPSA) is 137 Å². The molecule has 0 unspecified atom stereocenters. The van der Waals surface area contributed by atoms with Crippen molar-refractivity contribution in [2.45, 2.75) is 63.5 Å². The highest BCUT2D eigenvalue weighted by Crippen LogP contribution is 2.29. The Labute approximate surface area is 235 Å². The molecular weight excluding hydrogens is 512 g/mol. The van der Waals surface area contributed by atoms with Crippen molar-refractivity contribution in [1.82, 2.24) is 14.2 Å². The Balaban J connectivity index is 2.44. The standard InChI is InChI=1S/C26H36N4O5S2/c1-17(2)15-29(37(34,35)19-11-12-20-23(14-19)36-24(27)28-20)16-22(31)21(13-18-9-7-6-8-10-18)30(25(32)33)26(3,4)5/h6-12,14,17,21-22,31H,13,15-16H2,1-5H3,(H2,27,28)(H,32,33)/t21-,22+/m0/s1/i6D,7D,9D,13D2,16D2,21D,22D. The number of anilines is 1. The highest BCUT2D eigenvalue weighted by atomic mass is 32.2. The number of amides is 1. The summed E-state index contributed by atoms with van der Waals surface area (Å²) < 4.78 is 108. The van der Waals surface area contributed by atoms with Gasteiger partial charge in [0.25, 0.3) is 0 Å². The third-order valence-electron chi connectivity index (χ3n) is 4.89. The van der Waals surface area contributed by atoms with Gasteiger partial charge in [-0.05, 0) is 56.8 Å². The zero-order chi connectivity index (χ0) is 35.6. The number of thiazole rings is 1. The van der Waals surface area contributed by atoms with Gasteiger partial charge in [0.1, 0.15) is 0 Å². The molecule has 0 spiro atoms. The quantitative estimate of drug-likeness (QED) is 0.338. The molecule has 0 aliphatic rings. The van der Waals surface area contributed by atoms with Gasteiger partial charge in [-0.1, -0.05) is 55.4 Å². The van der Waals surface area contributed by atoms with Crippen LogP contribution >= 0.6 is 11.3 Å². The highest BCUT2D eigenvalue weighted by molar-refractivity contribution is 7.89. The predicted octanol–water partition coefficient (Wildman–Crippen LogP) is 4.28. The van der Waals surface area contributed by atoms with Crippen molar-refractivity contribution in [3.05, 3.63) is 54.0 Å².